The highest BCUT2D eigenvalue weighted by molar-refractivity contribution is 5.89. The van der Waals surface area contributed by atoms with Gasteiger partial charge in [0.05, 0.1) is 7.11 Å². The first-order valence-electron chi connectivity index (χ1n) is 7.50. The Kier molecular flexibility index (Phi) is 4.49. The average Bonchev–Trinajstić information content (AvgIpc) is 2.69. The third kappa shape index (κ3) is 2.93. The van der Waals surface area contributed by atoms with Crippen molar-refractivity contribution >= 4 is 5.97 Å². The smallest absolute Gasteiger partial charge is 0.333 e. The summed E-state index contributed by atoms with van der Waals surface area (Å²) in [7, 11) is 1.50. The Balaban J connectivity index is 2.32. The van der Waals surface area contributed by atoms with Crippen molar-refractivity contribution in [2.24, 2.45) is 17.8 Å². The molecule has 0 radical (unpaired) electrons. The van der Waals surface area contributed by atoms with E-state index in [1.165, 1.54) is 31.1 Å². The van der Waals surface area contributed by atoms with E-state index in [2.05, 4.69) is 20.4 Å². The molecule has 2 nitrogen and oxygen atoms in total. The molecule has 19 heavy (non-hydrogen) atoms. The normalized spacial score (nSPS) is 31.4. The maximum Gasteiger partial charge on any atom is 0.333 e. The highest BCUT2D eigenvalue weighted by Gasteiger charge is 2.35. The molecule has 0 amide bonds. The second-order valence-corrected chi connectivity index (χ2v) is 6.29. The van der Waals surface area contributed by atoms with Gasteiger partial charge in [-0.05, 0) is 63.2 Å². The van der Waals surface area contributed by atoms with E-state index in [9.17, 15) is 4.79 Å². The Bertz CT molecular complexity index is 405. The fourth-order valence-corrected chi connectivity index (χ4v) is 3.78. The molecule has 0 saturated heterocycles. The summed E-state index contributed by atoms with van der Waals surface area (Å²) in [6, 6.07) is 0. The van der Waals surface area contributed by atoms with E-state index in [0.29, 0.717) is 17.8 Å². The van der Waals surface area contributed by atoms with Gasteiger partial charge in [0.1, 0.15) is 0 Å². The Morgan fingerprint density at radius 2 is 2.05 bits per heavy atom. The maximum absolute atomic E-state index is 12.0. The average molecular weight is 262 g/mol. The van der Waals surface area contributed by atoms with Crippen molar-refractivity contribution in [2.75, 3.05) is 7.11 Å². The highest BCUT2D eigenvalue weighted by atomic mass is 16.5. The molecule has 1 saturated carbocycles. The van der Waals surface area contributed by atoms with Crippen molar-refractivity contribution in [3.05, 3.63) is 23.3 Å². The number of hydrogen-bond donors (Lipinski definition) is 0. The summed E-state index contributed by atoms with van der Waals surface area (Å²) in [5.41, 5.74) is 3.68. The summed E-state index contributed by atoms with van der Waals surface area (Å²) >= 11 is 0. The van der Waals surface area contributed by atoms with Crippen LogP contribution in [0.4, 0.5) is 0 Å². The molecule has 2 rings (SSSR count). The van der Waals surface area contributed by atoms with Crippen LogP contribution in [0, 0.1) is 17.8 Å². The number of rotatable bonds is 2. The fourth-order valence-electron chi connectivity index (χ4n) is 3.78. The van der Waals surface area contributed by atoms with Crippen LogP contribution in [0.1, 0.15) is 52.4 Å². The summed E-state index contributed by atoms with van der Waals surface area (Å²) in [5.74, 6) is 1.79. The van der Waals surface area contributed by atoms with Crippen LogP contribution in [-0.4, -0.2) is 13.1 Å². The third-order valence-electron chi connectivity index (χ3n) is 5.04. The van der Waals surface area contributed by atoms with Gasteiger partial charge in [-0.25, -0.2) is 4.79 Å². The minimum absolute atomic E-state index is 0.0946. The number of methoxy groups -OCH3 is 1. The lowest BCUT2D eigenvalue weighted by atomic mass is 9.77. The summed E-state index contributed by atoms with van der Waals surface area (Å²) in [4.78, 5) is 12.0. The molecule has 2 aliphatic carbocycles. The molecule has 0 N–H and O–H groups in total. The van der Waals surface area contributed by atoms with Crippen molar-refractivity contribution in [1.82, 2.24) is 0 Å². The first kappa shape index (κ1) is 14.4. The van der Waals surface area contributed by atoms with Crippen LogP contribution in [0.25, 0.3) is 0 Å². The zero-order chi connectivity index (χ0) is 14.0. The fraction of sp³-hybridized carbons (Fsp3) is 0.706. The van der Waals surface area contributed by atoms with Gasteiger partial charge in [0, 0.05) is 5.57 Å². The van der Waals surface area contributed by atoms with Crippen LogP contribution in [0.5, 0.6) is 0 Å². The molecule has 0 aromatic heterocycles. The van der Waals surface area contributed by atoms with Crippen molar-refractivity contribution in [3.63, 3.8) is 0 Å². The predicted molar refractivity (Wildman–Crippen MR) is 77.7 cm³/mol. The SMILES string of the molecule is C=C(C)C1CCCC(C(=O)OC)=C2CCC(C)C2C1. The molecular weight excluding hydrogens is 236 g/mol. The van der Waals surface area contributed by atoms with Crippen LogP contribution in [0.3, 0.4) is 0 Å². The first-order chi connectivity index (χ1) is 9.04. The Morgan fingerprint density at radius 3 is 2.68 bits per heavy atom. The van der Waals surface area contributed by atoms with Crippen LogP contribution in [-0.2, 0) is 9.53 Å². The van der Waals surface area contributed by atoms with Crippen LogP contribution in [0.2, 0.25) is 0 Å². The lowest BCUT2D eigenvalue weighted by Crippen LogP contribution is -2.19. The van der Waals surface area contributed by atoms with Gasteiger partial charge in [0.25, 0.3) is 0 Å². The zero-order valence-corrected chi connectivity index (χ0v) is 12.5. The molecule has 0 aliphatic heterocycles. The Morgan fingerprint density at radius 1 is 1.32 bits per heavy atom. The Labute approximate surface area is 116 Å². The predicted octanol–water partition coefficient (Wildman–Crippen LogP) is 4.27. The van der Waals surface area contributed by atoms with Crippen molar-refractivity contribution in [2.45, 2.75) is 52.4 Å². The molecule has 2 aliphatic rings. The van der Waals surface area contributed by atoms with E-state index in [4.69, 9.17) is 4.74 Å². The molecule has 0 aromatic carbocycles. The first-order valence-corrected chi connectivity index (χ1v) is 7.50. The second kappa shape index (κ2) is 5.94. The van der Waals surface area contributed by atoms with Crippen LogP contribution >= 0.6 is 0 Å². The standard InChI is InChI=1S/C17H26O2/c1-11(2)13-6-5-7-15(17(18)19-4)14-9-8-12(3)16(14)10-13/h12-13,16H,1,5-10H2,2-4H3. The monoisotopic (exact) mass is 262 g/mol. The van der Waals surface area contributed by atoms with Crippen molar-refractivity contribution in [1.29, 1.82) is 0 Å². The molecule has 0 spiro atoms. The molecule has 1 fully saturated rings. The van der Waals surface area contributed by atoms with Gasteiger partial charge in [-0.2, -0.15) is 0 Å². The second-order valence-electron chi connectivity index (χ2n) is 6.29. The van der Waals surface area contributed by atoms with Gasteiger partial charge in [-0.15, -0.1) is 0 Å². The number of hydrogen-bond acceptors (Lipinski definition) is 2. The van der Waals surface area contributed by atoms with E-state index in [-0.39, 0.29) is 5.97 Å². The summed E-state index contributed by atoms with van der Waals surface area (Å²) in [5, 5.41) is 0. The number of fused-ring (bicyclic) bond motifs is 1. The molecule has 0 heterocycles. The number of ether oxygens (including phenoxy) is 1. The number of carbonyl (C=O) groups excluding carboxylic acids is 1. The van der Waals surface area contributed by atoms with Gasteiger partial charge in [-0.1, -0.05) is 24.6 Å². The molecule has 0 bridgehead atoms. The topological polar surface area (TPSA) is 26.3 Å². The Hall–Kier alpha value is -1.05. The lowest BCUT2D eigenvalue weighted by molar-refractivity contribution is -0.136. The third-order valence-corrected chi connectivity index (χ3v) is 5.04. The molecule has 106 valence electrons. The lowest BCUT2D eigenvalue weighted by Gasteiger charge is -2.28. The molecular formula is C17H26O2. The number of allylic oxidation sites excluding steroid dienone is 2. The number of esters is 1. The van der Waals surface area contributed by atoms with E-state index in [1.807, 2.05) is 0 Å². The minimum Gasteiger partial charge on any atom is -0.466 e. The zero-order valence-electron chi connectivity index (χ0n) is 12.5. The van der Waals surface area contributed by atoms with E-state index in [0.717, 1.165) is 31.3 Å². The van der Waals surface area contributed by atoms with Crippen LogP contribution in [0.15, 0.2) is 23.3 Å². The molecule has 3 atom stereocenters. The summed E-state index contributed by atoms with van der Waals surface area (Å²) < 4.78 is 4.99. The molecule has 2 heteroatoms. The summed E-state index contributed by atoms with van der Waals surface area (Å²) in [6.45, 7) is 8.63. The summed E-state index contributed by atoms with van der Waals surface area (Å²) in [6.07, 6.45) is 6.59. The number of carbonyl (C=O) groups is 1. The quantitative estimate of drug-likeness (QED) is 0.549. The minimum atomic E-state index is -0.0946. The van der Waals surface area contributed by atoms with Gasteiger partial charge >= 0.3 is 5.97 Å². The van der Waals surface area contributed by atoms with E-state index >= 15 is 0 Å². The van der Waals surface area contributed by atoms with Gasteiger partial charge in [-0.3, -0.25) is 0 Å². The van der Waals surface area contributed by atoms with Gasteiger partial charge in [0.15, 0.2) is 0 Å². The maximum atomic E-state index is 12.0. The highest BCUT2D eigenvalue weighted by Crippen LogP contribution is 2.45. The van der Waals surface area contributed by atoms with E-state index < -0.39 is 0 Å². The van der Waals surface area contributed by atoms with E-state index in [1.54, 1.807) is 0 Å². The van der Waals surface area contributed by atoms with Gasteiger partial charge in [0.2, 0.25) is 0 Å². The largest absolute Gasteiger partial charge is 0.466 e. The molecule has 0 aromatic rings. The van der Waals surface area contributed by atoms with Crippen molar-refractivity contribution in [3.8, 4) is 0 Å². The van der Waals surface area contributed by atoms with Gasteiger partial charge < -0.3 is 4.74 Å². The van der Waals surface area contributed by atoms with Crippen molar-refractivity contribution < 1.29 is 9.53 Å². The van der Waals surface area contributed by atoms with Crippen LogP contribution < -0.4 is 0 Å². The molecule has 3 unspecified atom stereocenters.